The van der Waals surface area contributed by atoms with Gasteiger partial charge in [0.05, 0.1) is 12.0 Å². The number of carboxylic acid groups (broad SMARTS) is 1. The number of piperidine rings is 1. The molecule has 1 aliphatic rings. The fourth-order valence-corrected chi connectivity index (χ4v) is 3.96. The Bertz CT molecular complexity index is 855. The van der Waals surface area contributed by atoms with Crippen molar-refractivity contribution in [2.24, 2.45) is 0 Å². The van der Waals surface area contributed by atoms with E-state index in [-0.39, 0.29) is 11.8 Å². The Hall–Kier alpha value is -2.62. The van der Waals surface area contributed by atoms with Crippen LogP contribution < -0.4 is 0 Å². The maximum Gasteiger partial charge on any atom is 0.335 e. The third-order valence-electron chi connectivity index (χ3n) is 5.73. The van der Waals surface area contributed by atoms with Crippen LogP contribution in [-0.2, 0) is 11.2 Å². The minimum Gasteiger partial charge on any atom is -0.478 e. The Labute approximate surface area is 167 Å². The van der Waals surface area contributed by atoms with Crippen LogP contribution >= 0.6 is 0 Å². The summed E-state index contributed by atoms with van der Waals surface area (Å²) in [5.41, 5.74) is 4.59. The minimum absolute atomic E-state index is 0.167. The number of likely N-dealkylation sites (tertiary alicyclic amines) is 1. The molecule has 1 N–H and O–H groups in total. The summed E-state index contributed by atoms with van der Waals surface area (Å²) in [4.78, 5) is 26.0. The van der Waals surface area contributed by atoms with Crippen LogP contribution in [0.5, 0.6) is 0 Å². The lowest BCUT2D eigenvalue weighted by molar-refractivity contribution is -0.131. The largest absolute Gasteiger partial charge is 0.478 e. The van der Waals surface area contributed by atoms with Crippen molar-refractivity contribution in [3.8, 4) is 0 Å². The first-order valence-electron chi connectivity index (χ1n) is 10.1. The number of aryl methyl sites for hydroxylation is 1. The highest BCUT2D eigenvalue weighted by Crippen LogP contribution is 2.29. The smallest absolute Gasteiger partial charge is 0.335 e. The number of benzene rings is 2. The molecule has 28 heavy (non-hydrogen) atoms. The minimum atomic E-state index is -0.895. The fourth-order valence-electron chi connectivity index (χ4n) is 3.96. The molecule has 1 unspecified atom stereocenters. The van der Waals surface area contributed by atoms with Gasteiger partial charge in [-0.1, -0.05) is 50.2 Å². The van der Waals surface area contributed by atoms with E-state index in [0.29, 0.717) is 24.4 Å². The van der Waals surface area contributed by atoms with Gasteiger partial charge in [0.1, 0.15) is 0 Å². The summed E-state index contributed by atoms with van der Waals surface area (Å²) in [5.74, 6) is 0.0278. The normalized spacial score (nSPS) is 17.0. The first-order valence-corrected chi connectivity index (χ1v) is 10.1. The van der Waals surface area contributed by atoms with Gasteiger partial charge in [-0.05, 0) is 54.0 Å². The number of carbonyl (C=O) groups excluding carboxylic acids is 1. The van der Waals surface area contributed by atoms with E-state index in [1.54, 1.807) is 6.07 Å². The van der Waals surface area contributed by atoms with E-state index < -0.39 is 5.97 Å². The molecule has 4 nitrogen and oxygen atoms in total. The van der Waals surface area contributed by atoms with Gasteiger partial charge in [-0.2, -0.15) is 0 Å². The molecule has 1 heterocycles. The number of nitrogens with zero attached hydrogens (tertiary/aromatic N) is 1. The summed E-state index contributed by atoms with van der Waals surface area (Å²) in [6.07, 6.45) is 2.43. The number of aromatic carboxylic acids is 1. The Morgan fingerprint density at radius 1 is 1.14 bits per heavy atom. The van der Waals surface area contributed by atoms with Gasteiger partial charge in [0.2, 0.25) is 5.91 Å². The molecular formula is C24H29NO3. The second kappa shape index (κ2) is 8.59. The zero-order valence-electron chi connectivity index (χ0n) is 16.9. The second-order valence-corrected chi connectivity index (χ2v) is 8.13. The average Bonchev–Trinajstić information content (AvgIpc) is 2.68. The van der Waals surface area contributed by atoms with E-state index in [2.05, 4.69) is 38.1 Å². The summed E-state index contributed by atoms with van der Waals surface area (Å²) in [7, 11) is 0. The van der Waals surface area contributed by atoms with Crippen molar-refractivity contribution in [1.29, 1.82) is 0 Å². The molecule has 0 aromatic heterocycles. The van der Waals surface area contributed by atoms with Gasteiger partial charge in [0.25, 0.3) is 0 Å². The first kappa shape index (κ1) is 20.1. The number of hydrogen-bond donors (Lipinski definition) is 1. The Kier molecular flexibility index (Phi) is 6.18. The van der Waals surface area contributed by atoms with Crippen LogP contribution in [0.1, 0.15) is 71.1 Å². The van der Waals surface area contributed by atoms with Crippen LogP contribution in [-0.4, -0.2) is 35.0 Å². The molecule has 1 atom stereocenters. The number of amides is 1. The maximum atomic E-state index is 12.8. The highest BCUT2D eigenvalue weighted by Gasteiger charge is 2.25. The molecule has 1 fully saturated rings. The number of rotatable bonds is 5. The zero-order valence-corrected chi connectivity index (χ0v) is 16.9. The van der Waals surface area contributed by atoms with Crippen LogP contribution in [0.2, 0.25) is 0 Å². The van der Waals surface area contributed by atoms with Crippen LogP contribution in [0.4, 0.5) is 0 Å². The third kappa shape index (κ3) is 4.61. The van der Waals surface area contributed by atoms with Crippen molar-refractivity contribution >= 4 is 11.9 Å². The molecule has 0 radical (unpaired) electrons. The molecule has 3 rings (SSSR count). The molecule has 0 bridgehead atoms. The van der Waals surface area contributed by atoms with Crippen LogP contribution in [0, 0.1) is 6.92 Å². The van der Waals surface area contributed by atoms with Crippen LogP contribution in [0.25, 0.3) is 0 Å². The van der Waals surface area contributed by atoms with Gasteiger partial charge < -0.3 is 10.0 Å². The summed E-state index contributed by atoms with van der Waals surface area (Å²) in [6, 6.07) is 13.9. The number of carbonyl (C=O) groups is 2. The molecule has 0 spiro atoms. The highest BCUT2D eigenvalue weighted by atomic mass is 16.4. The van der Waals surface area contributed by atoms with Crippen molar-refractivity contribution in [3.05, 3.63) is 70.3 Å². The molecule has 4 heteroatoms. The monoisotopic (exact) mass is 379 g/mol. The lowest BCUT2D eigenvalue weighted by Crippen LogP contribution is -2.40. The predicted octanol–water partition coefficient (Wildman–Crippen LogP) is 4.77. The van der Waals surface area contributed by atoms with Crippen LogP contribution in [0.3, 0.4) is 0 Å². The maximum absolute atomic E-state index is 12.8. The highest BCUT2D eigenvalue weighted by molar-refractivity contribution is 5.89. The summed E-state index contributed by atoms with van der Waals surface area (Å²) in [5, 5.41) is 9.22. The zero-order chi connectivity index (χ0) is 20.3. The molecular weight excluding hydrogens is 350 g/mol. The van der Waals surface area contributed by atoms with Crippen molar-refractivity contribution in [3.63, 3.8) is 0 Å². The Balaban J connectivity index is 1.66. The van der Waals surface area contributed by atoms with E-state index in [0.717, 1.165) is 36.1 Å². The Morgan fingerprint density at radius 2 is 1.86 bits per heavy atom. The standard InChI is InChI=1S/C24H29NO3/c1-16(2)19-8-6-18(7-9-19)14-23(26)25-12-4-5-21(15-25)20-10-11-22(24(27)28)17(3)13-20/h6-11,13,16,21H,4-5,12,14-15H2,1-3H3,(H,27,28). The van der Waals surface area contributed by atoms with Gasteiger partial charge in [-0.3, -0.25) is 4.79 Å². The van der Waals surface area contributed by atoms with E-state index in [9.17, 15) is 14.7 Å². The summed E-state index contributed by atoms with van der Waals surface area (Å²) >= 11 is 0. The SMILES string of the molecule is Cc1cc(C2CCCN(C(=O)Cc3ccc(C(C)C)cc3)C2)ccc1C(=O)O. The molecule has 148 valence electrons. The van der Waals surface area contributed by atoms with Gasteiger partial charge in [-0.15, -0.1) is 0 Å². The summed E-state index contributed by atoms with van der Waals surface area (Å²) < 4.78 is 0. The lowest BCUT2D eigenvalue weighted by Gasteiger charge is -2.33. The lowest BCUT2D eigenvalue weighted by atomic mass is 9.88. The molecule has 0 saturated carbocycles. The molecule has 2 aromatic carbocycles. The molecule has 1 aliphatic heterocycles. The van der Waals surface area contributed by atoms with Crippen molar-refractivity contribution in [2.75, 3.05) is 13.1 Å². The number of carboxylic acids is 1. The van der Waals surface area contributed by atoms with Crippen LogP contribution in [0.15, 0.2) is 42.5 Å². The first-order chi connectivity index (χ1) is 13.3. The van der Waals surface area contributed by atoms with Gasteiger partial charge in [-0.25, -0.2) is 4.79 Å². The fraction of sp³-hybridized carbons (Fsp3) is 0.417. The topological polar surface area (TPSA) is 57.6 Å². The second-order valence-electron chi connectivity index (χ2n) is 8.13. The molecule has 0 aliphatic carbocycles. The molecule has 1 amide bonds. The van der Waals surface area contributed by atoms with E-state index in [1.807, 2.05) is 24.0 Å². The Morgan fingerprint density at radius 3 is 2.46 bits per heavy atom. The van der Waals surface area contributed by atoms with Crippen molar-refractivity contribution < 1.29 is 14.7 Å². The quantitative estimate of drug-likeness (QED) is 0.814. The molecule has 1 saturated heterocycles. The molecule has 2 aromatic rings. The van der Waals surface area contributed by atoms with E-state index >= 15 is 0 Å². The van der Waals surface area contributed by atoms with Crippen molar-refractivity contribution in [1.82, 2.24) is 4.90 Å². The van der Waals surface area contributed by atoms with Gasteiger partial charge in [0.15, 0.2) is 0 Å². The third-order valence-corrected chi connectivity index (χ3v) is 5.73. The number of hydrogen-bond acceptors (Lipinski definition) is 2. The van der Waals surface area contributed by atoms with E-state index in [1.165, 1.54) is 5.56 Å². The van der Waals surface area contributed by atoms with Gasteiger partial charge in [0, 0.05) is 19.0 Å². The van der Waals surface area contributed by atoms with Gasteiger partial charge >= 0.3 is 5.97 Å². The van der Waals surface area contributed by atoms with Crippen molar-refractivity contribution in [2.45, 2.75) is 51.9 Å². The summed E-state index contributed by atoms with van der Waals surface area (Å²) in [6.45, 7) is 7.66. The van der Waals surface area contributed by atoms with E-state index in [4.69, 9.17) is 0 Å². The average molecular weight is 380 g/mol. The predicted molar refractivity (Wildman–Crippen MR) is 111 cm³/mol.